The number of hydrogen-bond acceptors (Lipinski definition) is 5. The van der Waals surface area contributed by atoms with Crippen LogP contribution in [0.1, 0.15) is 41.9 Å². The van der Waals surface area contributed by atoms with Crippen molar-refractivity contribution < 1.29 is 19.1 Å². The third kappa shape index (κ3) is 3.92. The first-order chi connectivity index (χ1) is 13.4. The summed E-state index contributed by atoms with van der Waals surface area (Å²) in [6.07, 6.45) is 1.35. The van der Waals surface area contributed by atoms with Crippen molar-refractivity contribution in [2.24, 2.45) is 0 Å². The maximum absolute atomic E-state index is 13.1. The molecule has 0 bridgehead atoms. The number of carbonyl (C=O) groups excluding carboxylic acids is 3. The third-order valence-electron chi connectivity index (χ3n) is 4.47. The summed E-state index contributed by atoms with van der Waals surface area (Å²) in [5.74, 6) is -0.396. The van der Waals surface area contributed by atoms with Crippen molar-refractivity contribution in [2.45, 2.75) is 26.8 Å². The molecule has 0 saturated carbocycles. The number of fused-ring (bicyclic) bond motifs is 1. The molecule has 2 aromatic heterocycles. The maximum atomic E-state index is 13.1. The molecule has 3 rings (SSSR count). The van der Waals surface area contributed by atoms with Crippen LogP contribution in [0.15, 0.2) is 24.4 Å². The van der Waals surface area contributed by atoms with Crippen molar-refractivity contribution in [2.75, 3.05) is 32.8 Å². The van der Waals surface area contributed by atoms with Gasteiger partial charge in [0.15, 0.2) is 5.69 Å². The number of rotatable bonds is 4. The predicted molar refractivity (Wildman–Crippen MR) is 102 cm³/mol. The molecule has 9 heteroatoms. The van der Waals surface area contributed by atoms with Gasteiger partial charge in [-0.3, -0.25) is 14.0 Å². The van der Waals surface area contributed by atoms with Gasteiger partial charge in [-0.15, -0.1) is 0 Å². The first-order valence-corrected chi connectivity index (χ1v) is 9.41. The fourth-order valence-corrected chi connectivity index (χ4v) is 3.13. The number of piperazine rings is 1. The molecule has 2 aromatic rings. The number of nitrogens with zero attached hydrogens (tertiary/aromatic N) is 4. The topological polar surface area (TPSA) is 96.2 Å². The second-order valence-corrected chi connectivity index (χ2v) is 6.85. The Hall–Kier alpha value is -3.10. The Morgan fingerprint density at radius 3 is 2.46 bits per heavy atom. The first kappa shape index (κ1) is 19.7. The molecule has 0 spiro atoms. The van der Waals surface area contributed by atoms with Crippen LogP contribution in [0.2, 0.25) is 0 Å². The number of carbonyl (C=O) groups is 3. The van der Waals surface area contributed by atoms with E-state index in [1.54, 1.807) is 45.5 Å². The number of pyridine rings is 1. The summed E-state index contributed by atoms with van der Waals surface area (Å²) in [5.41, 5.74) is 0.803. The summed E-state index contributed by atoms with van der Waals surface area (Å²) in [6.45, 7) is 7.37. The molecule has 0 radical (unpaired) electrons. The zero-order chi connectivity index (χ0) is 20.3. The highest BCUT2D eigenvalue weighted by molar-refractivity contribution is 6.02. The molecule has 28 heavy (non-hydrogen) atoms. The Balaban J connectivity index is 1.81. The Morgan fingerprint density at radius 2 is 1.82 bits per heavy atom. The smallest absolute Gasteiger partial charge is 0.409 e. The molecule has 1 fully saturated rings. The Bertz CT molecular complexity index is 884. The van der Waals surface area contributed by atoms with Gasteiger partial charge in [-0.2, -0.15) is 0 Å². The molecule has 9 nitrogen and oxygen atoms in total. The lowest BCUT2D eigenvalue weighted by atomic mass is 10.3. The van der Waals surface area contributed by atoms with Gasteiger partial charge in [-0.1, -0.05) is 6.07 Å². The number of aromatic nitrogens is 2. The minimum atomic E-state index is -0.367. The van der Waals surface area contributed by atoms with Crippen molar-refractivity contribution >= 4 is 23.4 Å². The van der Waals surface area contributed by atoms with Crippen LogP contribution in [0.5, 0.6) is 0 Å². The molecule has 0 aromatic carbocycles. The molecular weight excluding hydrogens is 362 g/mol. The highest BCUT2D eigenvalue weighted by atomic mass is 16.6. The van der Waals surface area contributed by atoms with Crippen LogP contribution < -0.4 is 5.32 Å². The van der Waals surface area contributed by atoms with E-state index in [1.165, 1.54) is 0 Å². The van der Waals surface area contributed by atoms with Crippen LogP contribution in [0, 0.1) is 0 Å². The molecule has 3 amide bonds. The van der Waals surface area contributed by atoms with Crippen molar-refractivity contribution in [3.05, 3.63) is 35.9 Å². The molecule has 1 aliphatic heterocycles. The molecule has 1 N–H and O–H groups in total. The molecule has 1 saturated heterocycles. The highest BCUT2D eigenvalue weighted by Gasteiger charge is 2.29. The van der Waals surface area contributed by atoms with Gasteiger partial charge in [-0.25, -0.2) is 9.78 Å². The number of amides is 3. The van der Waals surface area contributed by atoms with Gasteiger partial charge in [-0.05, 0) is 32.9 Å². The van der Waals surface area contributed by atoms with E-state index < -0.39 is 0 Å². The van der Waals surface area contributed by atoms with E-state index in [4.69, 9.17) is 4.74 Å². The van der Waals surface area contributed by atoms with Crippen LogP contribution in [-0.4, -0.2) is 75.9 Å². The average Bonchev–Trinajstić information content (AvgIpc) is 3.07. The van der Waals surface area contributed by atoms with Crippen LogP contribution in [0.3, 0.4) is 0 Å². The van der Waals surface area contributed by atoms with E-state index in [9.17, 15) is 14.4 Å². The number of hydrogen-bond donors (Lipinski definition) is 1. The quantitative estimate of drug-likeness (QED) is 0.855. The van der Waals surface area contributed by atoms with Crippen molar-refractivity contribution in [1.29, 1.82) is 0 Å². The Morgan fingerprint density at radius 1 is 1.14 bits per heavy atom. The fraction of sp³-hybridized carbons (Fsp3) is 0.474. The second kappa shape index (κ2) is 8.28. The Kier molecular flexibility index (Phi) is 5.81. The monoisotopic (exact) mass is 387 g/mol. The number of nitrogens with one attached hydrogen (secondary N) is 1. The van der Waals surface area contributed by atoms with Gasteiger partial charge >= 0.3 is 6.09 Å². The van der Waals surface area contributed by atoms with E-state index in [2.05, 4.69) is 10.3 Å². The van der Waals surface area contributed by atoms with Gasteiger partial charge in [0, 0.05) is 38.4 Å². The average molecular weight is 387 g/mol. The molecule has 0 atom stereocenters. The first-order valence-electron chi connectivity index (χ1n) is 9.41. The molecule has 3 heterocycles. The largest absolute Gasteiger partial charge is 0.450 e. The molecule has 0 unspecified atom stereocenters. The molecule has 0 aliphatic carbocycles. The van der Waals surface area contributed by atoms with E-state index in [1.807, 2.05) is 13.8 Å². The van der Waals surface area contributed by atoms with Gasteiger partial charge in [0.2, 0.25) is 5.82 Å². The van der Waals surface area contributed by atoms with Crippen molar-refractivity contribution in [3.63, 3.8) is 0 Å². The summed E-state index contributed by atoms with van der Waals surface area (Å²) in [5, 5.41) is 2.82. The minimum Gasteiger partial charge on any atom is -0.450 e. The standard InChI is InChI=1S/C19H25N5O4/c1-4-28-19(27)23-11-9-22(10-12-23)18(26)16-21-15(17(25)20-13(2)3)14-7-5-6-8-24(14)16/h5-8,13H,4,9-12H2,1-3H3,(H,20,25). The maximum Gasteiger partial charge on any atom is 0.409 e. The van der Waals surface area contributed by atoms with Gasteiger partial charge < -0.3 is 19.9 Å². The van der Waals surface area contributed by atoms with E-state index in [0.717, 1.165) is 0 Å². The summed E-state index contributed by atoms with van der Waals surface area (Å²) >= 11 is 0. The lowest BCUT2D eigenvalue weighted by Crippen LogP contribution is -2.51. The molecular formula is C19H25N5O4. The zero-order valence-electron chi connectivity index (χ0n) is 16.3. The SMILES string of the molecule is CCOC(=O)N1CCN(C(=O)c2nc(C(=O)NC(C)C)c3ccccn23)CC1. The Labute approximate surface area is 163 Å². The highest BCUT2D eigenvalue weighted by Crippen LogP contribution is 2.16. The summed E-state index contributed by atoms with van der Waals surface area (Å²) < 4.78 is 6.64. The fourth-order valence-electron chi connectivity index (χ4n) is 3.13. The van der Waals surface area contributed by atoms with Crippen LogP contribution in [0.25, 0.3) is 5.52 Å². The van der Waals surface area contributed by atoms with Gasteiger partial charge in [0.25, 0.3) is 11.8 Å². The van der Waals surface area contributed by atoms with E-state index in [-0.39, 0.29) is 35.5 Å². The van der Waals surface area contributed by atoms with Crippen LogP contribution in [0.4, 0.5) is 4.79 Å². The summed E-state index contributed by atoms with van der Waals surface area (Å²) in [6, 6.07) is 5.31. The third-order valence-corrected chi connectivity index (χ3v) is 4.47. The zero-order valence-corrected chi connectivity index (χ0v) is 16.3. The normalized spacial score (nSPS) is 14.4. The predicted octanol–water partition coefficient (Wildman–Crippen LogP) is 1.39. The lowest BCUT2D eigenvalue weighted by molar-refractivity contribution is 0.0560. The summed E-state index contributed by atoms with van der Waals surface area (Å²) in [7, 11) is 0. The summed E-state index contributed by atoms with van der Waals surface area (Å²) in [4.78, 5) is 44.9. The number of ether oxygens (including phenoxy) is 1. The van der Waals surface area contributed by atoms with E-state index >= 15 is 0 Å². The van der Waals surface area contributed by atoms with Crippen molar-refractivity contribution in [1.82, 2.24) is 24.5 Å². The number of imidazole rings is 1. The van der Waals surface area contributed by atoms with Crippen molar-refractivity contribution in [3.8, 4) is 0 Å². The molecule has 1 aliphatic rings. The van der Waals surface area contributed by atoms with Crippen LogP contribution >= 0.6 is 0 Å². The minimum absolute atomic E-state index is 0.0388. The van der Waals surface area contributed by atoms with Gasteiger partial charge in [0.1, 0.15) is 0 Å². The van der Waals surface area contributed by atoms with Crippen LogP contribution in [-0.2, 0) is 4.74 Å². The van der Waals surface area contributed by atoms with Gasteiger partial charge in [0.05, 0.1) is 12.1 Å². The lowest BCUT2D eigenvalue weighted by Gasteiger charge is -2.33. The second-order valence-electron chi connectivity index (χ2n) is 6.85. The van der Waals surface area contributed by atoms with E-state index in [0.29, 0.717) is 38.3 Å². The molecule has 150 valence electrons.